The van der Waals surface area contributed by atoms with Gasteiger partial charge in [0, 0.05) is 11.4 Å². The van der Waals surface area contributed by atoms with Crippen LogP contribution in [0.1, 0.15) is 21.1 Å². The molecule has 0 bridgehead atoms. The summed E-state index contributed by atoms with van der Waals surface area (Å²) in [5.41, 5.74) is 0.165. The van der Waals surface area contributed by atoms with Crippen molar-refractivity contribution in [2.45, 2.75) is 13.5 Å². The summed E-state index contributed by atoms with van der Waals surface area (Å²) in [5, 5.41) is 2.55. The summed E-state index contributed by atoms with van der Waals surface area (Å²) in [7, 11) is 0. The minimum Gasteiger partial charge on any atom is -0.299 e. The molecule has 102 valence electrons. The maximum Gasteiger partial charge on any atom is 0.299 e. The molecular weight excluding hydrogens is 286 g/mol. The topological polar surface area (TPSA) is 50.3 Å². The normalized spacial score (nSPS) is 14.1. The van der Waals surface area contributed by atoms with E-state index >= 15 is 0 Å². The van der Waals surface area contributed by atoms with Gasteiger partial charge in [0.05, 0.1) is 28.5 Å². The van der Waals surface area contributed by atoms with Crippen LogP contribution in [0.4, 0.5) is 14.5 Å². The predicted molar refractivity (Wildman–Crippen MR) is 68.7 cm³/mol. The number of benzene rings is 1. The van der Waals surface area contributed by atoms with Gasteiger partial charge in [-0.25, -0.2) is 13.8 Å². The monoisotopic (exact) mass is 294 g/mol. The molecule has 0 saturated heterocycles. The Morgan fingerprint density at radius 2 is 2.05 bits per heavy atom. The van der Waals surface area contributed by atoms with E-state index in [0.29, 0.717) is 11.8 Å². The van der Waals surface area contributed by atoms with Crippen molar-refractivity contribution < 1.29 is 18.4 Å². The first-order valence-corrected chi connectivity index (χ1v) is 6.61. The van der Waals surface area contributed by atoms with Crippen LogP contribution in [0.2, 0.25) is 0 Å². The zero-order valence-corrected chi connectivity index (χ0v) is 11.1. The highest BCUT2D eigenvalue weighted by molar-refractivity contribution is 7.09. The Bertz CT molecular complexity index is 742. The molecular formula is C13H8F2N2O2S. The Hall–Kier alpha value is -2.15. The van der Waals surface area contributed by atoms with Gasteiger partial charge in [0.1, 0.15) is 11.6 Å². The molecule has 1 aromatic carbocycles. The van der Waals surface area contributed by atoms with Crippen molar-refractivity contribution in [3.05, 3.63) is 45.4 Å². The molecule has 0 spiro atoms. The Morgan fingerprint density at radius 1 is 1.30 bits per heavy atom. The fourth-order valence-corrected chi connectivity index (χ4v) is 2.74. The number of aryl methyl sites for hydroxylation is 1. The van der Waals surface area contributed by atoms with Crippen molar-refractivity contribution in [1.82, 2.24) is 4.98 Å². The van der Waals surface area contributed by atoms with Gasteiger partial charge in [-0.1, -0.05) is 0 Å². The molecule has 0 radical (unpaired) electrons. The lowest BCUT2D eigenvalue weighted by atomic mass is 10.1. The average Bonchev–Trinajstić information content (AvgIpc) is 2.87. The molecule has 2 aromatic rings. The second kappa shape index (κ2) is 4.45. The highest BCUT2D eigenvalue weighted by atomic mass is 32.1. The van der Waals surface area contributed by atoms with Gasteiger partial charge in [0.25, 0.3) is 11.7 Å². The number of nitrogens with zero attached hydrogens (tertiary/aromatic N) is 2. The van der Waals surface area contributed by atoms with E-state index in [0.717, 1.165) is 16.0 Å². The molecule has 3 rings (SSSR count). The minimum absolute atomic E-state index is 0.0187. The number of halogens is 2. The predicted octanol–water partition coefficient (Wildman–Crippen LogP) is 2.46. The number of amides is 1. The SMILES string of the molecule is Cc1nc(CN2C(=O)C(=O)c3c(F)cc(F)cc32)cs1. The van der Waals surface area contributed by atoms with Crippen LogP contribution in [0.5, 0.6) is 0 Å². The van der Waals surface area contributed by atoms with Crippen LogP contribution < -0.4 is 4.90 Å². The lowest BCUT2D eigenvalue weighted by Crippen LogP contribution is -2.29. The van der Waals surface area contributed by atoms with E-state index in [1.54, 1.807) is 12.3 Å². The number of hydrogen-bond acceptors (Lipinski definition) is 4. The standard InChI is InChI=1S/C13H8F2N2O2S/c1-6-16-8(5-20-6)4-17-10-3-7(14)2-9(15)11(10)12(18)13(17)19/h2-3,5H,4H2,1H3. The van der Waals surface area contributed by atoms with Crippen LogP contribution in [-0.4, -0.2) is 16.7 Å². The summed E-state index contributed by atoms with van der Waals surface area (Å²) in [4.78, 5) is 28.9. The number of anilines is 1. The summed E-state index contributed by atoms with van der Waals surface area (Å²) >= 11 is 1.40. The summed E-state index contributed by atoms with van der Waals surface area (Å²) in [5.74, 6) is -3.67. The van der Waals surface area contributed by atoms with Crippen LogP contribution in [0.15, 0.2) is 17.5 Å². The fraction of sp³-hybridized carbons (Fsp3) is 0.154. The number of carbonyl (C=O) groups is 2. The molecule has 0 aliphatic carbocycles. The van der Waals surface area contributed by atoms with Crippen molar-refractivity contribution in [2.75, 3.05) is 4.90 Å². The second-order valence-electron chi connectivity index (χ2n) is 4.36. The van der Waals surface area contributed by atoms with Gasteiger partial charge in [-0.15, -0.1) is 11.3 Å². The van der Waals surface area contributed by atoms with Crippen molar-refractivity contribution in [3.63, 3.8) is 0 Å². The van der Waals surface area contributed by atoms with Crippen molar-refractivity contribution >= 4 is 28.7 Å². The van der Waals surface area contributed by atoms with Crippen molar-refractivity contribution in [2.24, 2.45) is 0 Å². The lowest BCUT2D eigenvalue weighted by Gasteiger charge is -2.15. The molecule has 1 aromatic heterocycles. The maximum atomic E-state index is 13.6. The Morgan fingerprint density at radius 3 is 2.70 bits per heavy atom. The van der Waals surface area contributed by atoms with Crippen LogP contribution in [-0.2, 0) is 11.3 Å². The average molecular weight is 294 g/mol. The first kappa shape index (κ1) is 12.9. The van der Waals surface area contributed by atoms with E-state index in [4.69, 9.17) is 0 Å². The Kier molecular flexibility index (Phi) is 2.86. The van der Waals surface area contributed by atoms with Crippen LogP contribution in [0.25, 0.3) is 0 Å². The number of carbonyl (C=O) groups excluding carboxylic acids is 2. The maximum absolute atomic E-state index is 13.6. The molecule has 1 amide bonds. The molecule has 4 nitrogen and oxygen atoms in total. The van der Waals surface area contributed by atoms with Crippen molar-refractivity contribution in [1.29, 1.82) is 0 Å². The third-order valence-electron chi connectivity index (χ3n) is 2.98. The quantitative estimate of drug-likeness (QED) is 0.799. The zero-order chi connectivity index (χ0) is 14.4. The zero-order valence-electron chi connectivity index (χ0n) is 10.3. The number of thiazole rings is 1. The molecule has 0 unspecified atom stereocenters. The summed E-state index contributed by atoms with van der Waals surface area (Å²) in [6.07, 6.45) is 0. The molecule has 0 fully saturated rings. The smallest absolute Gasteiger partial charge is 0.299 e. The highest BCUT2D eigenvalue weighted by Crippen LogP contribution is 2.33. The Balaban J connectivity index is 2.06. The lowest BCUT2D eigenvalue weighted by molar-refractivity contribution is -0.114. The van der Waals surface area contributed by atoms with Gasteiger partial charge >= 0.3 is 0 Å². The van der Waals surface area contributed by atoms with Gasteiger partial charge < -0.3 is 0 Å². The van der Waals surface area contributed by atoms with E-state index in [9.17, 15) is 18.4 Å². The van der Waals surface area contributed by atoms with Gasteiger partial charge in [-0.05, 0) is 13.0 Å². The largest absolute Gasteiger partial charge is 0.299 e. The summed E-state index contributed by atoms with van der Waals surface area (Å²) in [6.45, 7) is 1.82. The third-order valence-corrected chi connectivity index (χ3v) is 3.80. The van der Waals surface area contributed by atoms with Gasteiger partial charge in [0.2, 0.25) is 0 Å². The number of ketones is 1. The minimum atomic E-state index is -1.02. The molecule has 1 aliphatic heterocycles. The number of rotatable bonds is 2. The molecule has 0 atom stereocenters. The van der Waals surface area contributed by atoms with E-state index < -0.39 is 23.3 Å². The number of fused-ring (bicyclic) bond motifs is 1. The van der Waals surface area contributed by atoms with Crippen LogP contribution in [0.3, 0.4) is 0 Å². The van der Waals surface area contributed by atoms with E-state index in [2.05, 4.69) is 4.98 Å². The number of hydrogen-bond donors (Lipinski definition) is 0. The van der Waals surface area contributed by atoms with Gasteiger partial charge in [-0.2, -0.15) is 0 Å². The van der Waals surface area contributed by atoms with E-state index in [1.165, 1.54) is 11.3 Å². The Labute approximate surface area is 116 Å². The highest BCUT2D eigenvalue weighted by Gasteiger charge is 2.39. The van der Waals surface area contributed by atoms with Gasteiger partial charge in [-0.3, -0.25) is 14.5 Å². The summed E-state index contributed by atoms with van der Waals surface area (Å²) in [6, 6.07) is 1.58. The van der Waals surface area contributed by atoms with Crippen LogP contribution >= 0.6 is 11.3 Å². The number of Topliss-reactive ketones (excluding diaryl/α,β-unsaturated/α-hetero) is 1. The molecule has 0 N–H and O–H groups in total. The molecule has 20 heavy (non-hydrogen) atoms. The van der Waals surface area contributed by atoms with E-state index in [-0.39, 0.29) is 17.8 Å². The first-order valence-electron chi connectivity index (χ1n) is 5.73. The second-order valence-corrected chi connectivity index (χ2v) is 5.42. The molecule has 2 heterocycles. The molecule has 0 saturated carbocycles. The van der Waals surface area contributed by atoms with E-state index in [1.807, 2.05) is 0 Å². The molecule has 7 heteroatoms. The fourth-order valence-electron chi connectivity index (χ4n) is 2.14. The number of aromatic nitrogens is 1. The first-order chi connectivity index (χ1) is 9.47. The molecule has 1 aliphatic rings. The summed E-state index contributed by atoms with van der Waals surface area (Å²) < 4.78 is 26.9. The third kappa shape index (κ3) is 1.90. The van der Waals surface area contributed by atoms with Crippen LogP contribution in [0, 0.1) is 18.6 Å². The van der Waals surface area contributed by atoms with Gasteiger partial charge in [0.15, 0.2) is 0 Å². The van der Waals surface area contributed by atoms with Crippen molar-refractivity contribution in [3.8, 4) is 0 Å².